The minimum Gasteiger partial charge on any atom is -0.495 e. The number of benzene rings is 1. The molecule has 0 unspecified atom stereocenters. The molecule has 0 aliphatic carbocycles. The van der Waals surface area contributed by atoms with Gasteiger partial charge in [-0.15, -0.1) is 0 Å². The van der Waals surface area contributed by atoms with Crippen LogP contribution in [0.5, 0.6) is 5.75 Å². The van der Waals surface area contributed by atoms with Crippen LogP contribution in [0.25, 0.3) is 0 Å². The van der Waals surface area contributed by atoms with Crippen molar-refractivity contribution < 1.29 is 9.53 Å². The molecular formula is C14H23N3O2. The number of hydrogen-bond donors (Lipinski definition) is 1. The van der Waals surface area contributed by atoms with Crippen LogP contribution in [0.1, 0.15) is 16.8 Å². The minimum absolute atomic E-state index is 0.0203. The Morgan fingerprint density at radius 2 is 1.95 bits per heavy atom. The molecule has 1 aromatic carbocycles. The largest absolute Gasteiger partial charge is 0.495 e. The summed E-state index contributed by atoms with van der Waals surface area (Å²) in [6.07, 6.45) is 0.945. The molecule has 0 radical (unpaired) electrons. The lowest BCUT2D eigenvalue weighted by molar-refractivity contribution is 0.0790. The van der Waals surface area contributed by atoms with Crippen LogP contribution in [0.2, 0.25) is 0 Å². The first-order chi connectivity index (χ1) is 8.95. The van der Waals surface area contributed by atoms with Gasteiger partial charge in [0.15, 0.2) is 0 Å². The molecule has 0 heterocycles. The number of anilines is 1. The highest BCUT2D eigenvalue weighted by Crippen LogP contribution is 2.22. The van der Waals surface area contributed by atoms with Crippen molar-refractivity contribution in [3.63, 3.8) is 0 Å². The van der Waals surface area contributed by atoms with Gasteiger partial charge in [0.05, 0.1) is 12.8 Å². The zero-order valence-electron chi connectivity index (χ0n) is 12.1. The lowest BCUT2D eigenvalue weighted by Gasteiger charge is -2.19. The van der Waals surface area contributed by atoms with Crippen molar-refractivity contribution in [2.45, 2.75) is 6.42 Å². The first-order valence-corrected chi connectivity index (χ1v) is 6.29. The fourth-order valence-electron chi connectivity index (χ4n) is 1.81. The third-order valence-corrected chi connectivity index (χ3v) is 2.92. The summed E-state index contributed by atoms with van der Waals surface area (Å²) in [4.78, 5) is 16.0. The summed E-state index contributed by atoms with van der Waals surface area (Å²) < 4.78 is 5.08. The maximum atomic E-state index is 12.2. The van der Waals surface area contributed by atoms with Crippen LogP contribution in [-0.2, 0) is 0 Å². The van der Waals surface area contributed by atoms with Crippen molar-refractivity contribution in [3.8, 4) is 5.75 Å². The molecule has 0 aromatic heterocycles. The summed E-state index contributed by atoms with van der Waals surface area (Å²) in [6.45, 7) is 1.69. The van der Waals surface area contributed by atoms with Gasteiger partial charge >= 0.3 is 0 Å². The zero-order chi connectivity index (χ0) is 14.4. The van der Waals surface area contributed by atoms with Crippen molar-refractivity contribution in [1.82, 2.24) is 9.80 Å². The fraction of sp³-hybridized carbons (Fsp3) is 0.500. The molecule has 1 aromatic rings. The number of carbonyl (C=O) groups is 1. The zero-order valence-corrected chi connectivity index (χ0v) is 12.1. The van der Waals surface area contributed by atoms with E-state index in [1.54, 1.807) is 37.3 Å². The van der Waals surface area contributed by atoms with Gasteiger partial charge in [0, 0.05) is 19.2 Å². The van der Waals surface area contributed by atoms with Crippen molar-refractivity contribution >= 4 is 11.6 Å². The van der Waals surface area contributed by atoms with E-state index in [-0.39, 0.29) is 5.91 Å². The molecule has 0 aliphatic heterocycles. The average Bonchev–Trinajstić information content (AvgIpc) is 2.37. The molecule has 0 fully saturated rings. The Hall–Kier alpha value is -1.75. The van der Waals surface area contributed by atoms with Gasteiger partial charge in [-0.2, -0.15) is 0 Å². The van der Waals surface area contributed by atoms with Crippen LogP contribution in [0.15, 0.2) is 18.2 Å². The first-order valence-electron chi connectivity index (χ1n) is 6.29. The molecule has 19 heavy (non-hydrogen) atoms. The second-order valence-electron chi connectivity index (χ2n) is 4.84. The van der Waals surface area contributed by atoms with Crippen LogP contribution in [0.3, 0.4) is 0 Å². The van der Waals surface area contributed by atoms with Crippen LogP contribution < -0.4 is 10.5 Å². The summed E-state index contributed by atoms with van der Waals surface area (Å²) in [7, 11) is 7.40. The van der Waals surface area contributed by atoms with Crippen LogP contribution in [0, 0.1) is 0 Å². The van der Waals surface area contributed by atoms with Gasteiger partial charge in [0.2, 0.25) is 0 Å². The highest BCUT2D eigenvalue weighted by atomic mass is 16.5. The SMILES string of the molecule is COc1ccc(C(=O)N(C)CCCN(C)C)cc1N. The van der Waals surface area contributed by atoms with Gasteiger partial charge < -0.3 is 20.3 Å². The van der Waals surface area contributed by atoms with Gasteiger partial charge in [-0.1, -0.05) is 0 Å². The summed E-state index contributed by atoms with van der Waals surface area (Å²) in [6, 6.07) is 5.11. The van der Waals surface area contributed by atoms with Crippen molar-refractivity contribution in [2.75, 3.05) is 47.1 Å². The molecule has 0 aliphatic rings. The first kappa shape index (κ1) is 15.3. The van der Waals surface area contributed by atoms with Crippen LogP contribution >= 0.6 is 0 Å². The predicted octanol–water partition coefficient (Wildman–Crippen LogP) is 1.30. The fourth-order valence-corrected chi connectivity index (χ4v) is 1.81. The van der Waals surface area contributed by atoms with Crippen molar-refractivity contribution in [3.05, 3.63) is 23.8 Å². The lowest BCUT2D eigenvalue weighted by atomic mass is 10.1. The Morgan fingerprint density at radius 3 is 2.47 bits per heavy atom. The summed E-state index contributed by atoms with van der Waals surface area (Å²) >= 11 is 0. The molecule has 0 spiro atoms. The Kier molecular flexibility index (Phi) is 5.63. The number of nitrogens with zero attached hydrogens (tertiary/aromatic N) is 2. The number of methoxy groups -OCH3 is 1. The van der Waals surface area contributed by atoms with Crippen molar-refractivity contribution in [1.29, 1.82) is 0 Å². The molecule has 1 amide bonds. The summed E-state index contributed by atoms with van der Waals surface area (Å²) in [5, 5.41) is 0. The van der Waals surface area contributed by atoms with Gasteiger partial charge in [-0.05, 0) is 45.3 Å². The summed E-state index contributed by atoms with van der Waals surface area (Å²) in [5.41, 5.74) is 6.88. The van der Waals surface area contributed by atoms with Crippen LogP contribution in [0.4, 0.5) is 5.69 Å². The maximum absolute atomic E-state index is 12.2. The van der Waals surface area contributed by atoms with Gasteiger partial charge in [0.25, 0.3) is 5.91 Å². The summed E-state index contributed by atoms with van der Waals surface area (Å²) in [5.74, 6) is 0.569. The number of nitrogen functional groups attached to an aromatic ring is 1. The molecule has 5 nitrogen and oxygen atoms in total. The third kappa shape index (κ3) is 4.44. The topological polar surface area (TPSA) is 58.8 Å². The molecule has 1 rings (SSSR count). The molecule has 106 valence electrons. The molecule has 0 saturated carbocycles. The maximum Gasteiger partial charge on any atom is 0.253 e. The highest BCUT2D eigenvalue weighted by molar-refractivity contribution is 5.95. The second kappa shape index (κ2) is 6.99. The number of ether oxygens (including phenoxy) is 1. The Morgan fingerprint density at radius 1 is 1.26 bits per heavy atom. The molecule has 0 bridgehead atoms. The van der Waals surface area contributed by atoms with E-state index in [2.05, 4.69) is 4.90 Å². The van der Waals surface area contributed by atoms with E-state index in [1.165, 1.54) is 0 Å². The van der Waals surface area contributed by atoms with Gasteiger partial charge in [0.1, 0.15) is 5.75 Å². The molecule has 0 atom stereocenters. The van der Waals surface area contributed by atoms with E-state index in [0.29, 0.717) is 17.0 Å². The number of carbonyl (C=O) groups excluding carboxylic acids is 1. The van der Waals surface area contributed by atoms with Gasteiger partial charge in [-0.25, -0.2) is 0 Å². The number of rotatable bonds is 6. The van der Waals surface area contributed by atoms with Crippen molar-refractivity contribution in [2.24, 2.45) is 0 Å². The van der Waals surface area contributed by atoms with E-state index in [4.69, 9.17) is 10.5 Å². The number of amides is 1. The second-order valence-corrected chi connectivity index (χ2v) is 4.84. The highest BCUT2D eigenvalue weighted by Gasteiger charge is 2.13. The van der Waals surface area contributed by atoms with E-state index in [9.17, 15) is 4.79 Å². The van der Waals surface area contributed by atoms with Crippen LogP contribution in [-0.4, -0.2) is 57.0 Å². The third-order valence-electron chi connectivity index (χ3n) is 2.92. The normalized spacial score (nSPS) is 10.6. The van der Waals surface area contributed by atoms with E-state index >= 15 is 0 Å². The number of hydrogen-bond acceptors (Lipinski definition) is 4. The lowest BCUT2D eigenvalue weighted by Crippen LogP contribution is -2.29. The quantitative estimate of drug-likeness (QED) is 0.788. The molecule has 0 saturated heterocycles. The Labute approximate surface area is 114 Å². The molecule has 2 N–H and O–H groups in total. The Bertz CT molecular complexity index is 433. The van der Waals surface area contributed by atoms with E-state index in [1.807, 2.05) is 14.1 Å². The number of nitrogens with two attached hydrogens (primary N) is 1. The smallest absolute Gasteiger partial charge is 0.253 e. The molecular weight excluding hydrogens is 242 g/mol. The molecule has 5 heteroatoms. The standard InChI is InChI=1S/C14H23N3O2/c1-16(2)8-5-9-17(3)14(18)11-6-7-13(19-4)12(15)10-11/h6-7,10H,5,8-9,15H2,1-4H3. The monoisotopic (exact) mass is 265 g/mol. The van der Waals surface area contributed by atoms with E-state index < -0.39 is 0 Å². The average molecular weight is 265 g/mol. The minimum atomic E-state index is -0.0203. The van der Waals surface area contributed by atoms with Gasteiger partial charge in [-0.3, -0.25) is 4.79 Å². The Balaban J connectivity index is 2.64. The predicted molar refractivity (Wildman–Crippen MR) is 77.5 cm³/mol. The van der Waals surface area contributed by atoms with E-state index in [0.717, 1.165) is 19.5 Å².